The van der Waals surface area contributed by atoms with E-state index in [0.29, 0.717) is 6.42 Å². The molecule has 0 saturated carbocycles. The lowest BCUT2D eigenvalue weighted by Gasteiger charge is -2.13. The van der Waals surface area contributed by atoms with Crippen LogP contribution in [0.15, 0.2) is 10.5 Å². The first-order chi connectivity index (χ1) is 8.49. The Labute approximate surface area is 105 Å². The van der Waals surface area contributed by atoms with Crippen molar-refractivity contribution in [1.82, 2.24) is 5.32 Å². The second-order valence-electron chi connectivity index (χ2n) is 3.95. The maximum Gasteiger partial charge on any atom is 0.287 e. The second-order valence-corrected chi connectivity index (χ2v) is 3.95. The van der Waals surface area contributed by atoms with Crippen LogP contribution in [0.2, 0.25) is 0 Å². The van der Waals surface area contributed by atoms with E-state index in [9.17, 15) is 9.59 Å². The number of carbonyl (C=O) groups is 2. The van der Waals surface area contributed by atoms with Crippen LogP contribution >= 0.6 is 0 Å². The lowest BCUT2D eigenvalue weighted by molar-refractivity contribution is -0.121. The zero-order valence-corrected chi connectivity index (χ0v) is 10.8. The zero-order valence-electron chi connectivity index (χ0n) is 10.8. The van der Waals surface area contributed by atoms with E-state index in [-0.39, 0.29) is 12.4 Å². The Kier molecular flexibility index (Phi) is 4.91. The zero-order chi connectivity index (χ0) is 13.7. The highest BCUT2D eigenvalue weighted by Crippen LogP contribution is 2.15. The monoisotopic (exact) mass is 254 g/mol. The third kappa shape index (κ3) is 3.33. The normalized spacial score (nSPS) is 12.2. The Bertz CT molecular complexity index is 439. The van der Waals surface area contributed by atoms with Gasteiger partial charge in [0, 0.05) is 13.5 Å². The van der Waals surface area contributed by atoms with Gasteiger partial charge in [-0.3, -0.25) is 9.59 Å². The first-order valence-corrected chi connectivity index (χ1v) is 5.68. The van der Waals surface area contributed by atoms with Crippen molar-refractivity contribution in [2.24, 2.45) is 5.73 Å². The van der Waals surface area contributed by atoms with Gasteiger partial charge in [0.05, 0.1) is 6.61 Å². The highest BCUT2D eigenvalue weighted by Gasteiger charge is 2.21. The van der Waals surface area contributed by atoms with Gasteiger partial charge in [-0.1, -0.05) is 6.92 Å². The van der Waals surface area contributed by atoms with Crippen molar-refractivity contribution in [2.75, 3.05) is 13.7 Å². The maximum absolute atomic E-state index is 11.8. The number of primary amides is 1. The van der Waals surface area contributed by atoms with Gasteiger partial charge in [0.25, 0.3) is 5.91 Å². The summed E-state index contributed by atoms with van der Waals surface area (Å²) < 4.78 is 10.2. The van der Waals surface area contributed by atoms with E-state index in [2.05, 4.69) is 5.32 Å². The van der Waals surface area contributed by atoms with Gasteiger partial charge < -0.3 is 20.2 Å². The Morgan fingerprint density at radius 3 is 2.67 bits per heavy atom. The molecule has 1 aromatic heterocycles. The molecule has 0 aromatic carbocycles. The molecule has 0 radical (unpaired) electrons. The molecule has 1 aromatic rings. The fourth-order valence-corrected chi connectivity index (χ4v) is 1.57. The van der Waals surface area contributed by atoms with Gasteiger partial charge in [-0.2, -0.15) is 0 Å². The molecule has 0 saturated heterocycles. The number of hydrogen-bond acceptors (Lipinski definition) is 4. The highest BCUT2D eigenvalue weighted by atomic mass is 16.5. The summed E-state index contributed by atoms with van der Waals surface area (Å²) in [5.74, 6) is -0.197. The van der Waals surface area contributed by atoms with Crippen molar-refractivity contribution in [1.29, 1.82) is 0 Å². The van der Waals surface area contributed by atoms with Crippen LogP contribution in [-0.2, 0) is 16.0 Å². The predicted octanol–water partition coefficient (Wildman–Crippen LogP) is 0.381. The first kappa shape index (κ1) is 14.2. The molecule has 6 heteroatoms. The van der Waals surface area contributed by atoms with Crippen molar-refractivity contribution in [2.45, 2.75) is 26.3 Å². The third-order valence-corrected chi connectivity index (χ3v) is 2.55. The van der Waals surface area contributed by atoms with Gasteiger partial charge in [-0.15, -0.1) is 0 Å². The number of methoxy groups -OCH3 is 1. The predicted molar refractivity (Wildman–Crippen MR) is 65.1 cm³/mol. The molecular formula is C12H18N2O4. The summed E-state index contributed by atoms with van der Waals surface area (Å²) in [5.41, 5.74) is 6.05. The van der Waals surface area contributed by atoms with Crippen LogP contribution in [0.4, 0.5) is 0 Å². The summed E-state index contributed by atoms with van der Waals surface area (Å²) in [6.07, 6.45) is 0.705. The number of carbonyl (C=O) groups excluding carboxylic acids is 2. The van der Waals surface area contributed by atoms with Crippen LogP contribution in [0, 0.1) is 6.92 Å². The molecule has 0 aliphatic rings. The van der Waals surface area contributed by atoms with E-state index >= 15 is 0 Å². The smallest absolute Gasteiger partial charge is 0.287 e. The number of hydrogen-bond donors (Lipinski definition) is 2. The van der Waals surface area contributed by atoms with Gasteiger partial charge in [0.2, 0.25) is 5.91 Å². The molecule has 1 rings (SSSR count). The number of ether oxygens (including phenoxy) is 1. The first-order valence-electron chi connectivity index (χ1n) is 5.68. The van der Waals surface area contributed by atoms with Gasteiger partial charge in [-0.25, -0.2) is 0 Å². The van der Waals surface area contributed by atoms with E-state index in [0.717, 1.165) is 11.3 Å². The Hall–Kier alpha value is -1.82. The van der Waals surface area contributed by atoms with Crippen molar-refractivity contribution >= 4 is 11.8 Å². The number of nitrogens with two attached hydrogens (primary N) is 1. The molecule has 0 bridgehead atoms. The maximum atomic E-state index is 11.8. The Morgan fingerprint density at radius 2 is 2.22 bits per heavy atom. The summed E-state index contributed by atoms with van der Waals surface area (Å²) in [4.78, 5) is 22.9. The topological polar surface area (TPSA) is 94.6 Å². The fourth-order valence-electron chi connectivity index (χ4n) is 1.57. The molecule has 18 heavy (non-hydrogen) atoms. The SMILES string of the molecule is CCc1oc(C(=O)N[C@@H](COC)C(N)=O)cc1C. The minimum Gasteiger partial charge on any atom is -0.456 e. The largest absolute Gasteiger partial charge is 0.456 e. The minimum absolute atomic E-state index is 0.0292. The summed E-state index contributed by atoms with van der Waals surface area (Å²) in [5, 5.41) is 2.47. The van der Waals surface area contributed by atoms with Crippen LogP contribution in [0.25, 0.3) is 0 Å². The van der Waals surface area contributed by atoms with Gasteiger partial charge in [0.1, 0.15) is 11.8 Å². The lowest BCUT2D eigenvalue weighted by Crippen LogP contribution is -2.47. The highest BCUT2D eigenvalue weighted by molar-refractivity contribution is 5.95. The lowest BCUT2D eigenvalue weighted by atomic mass is 10.2. The molecule has 0 spiro atoms. The Balaban J connectivity index is 2.77. The molecule has 1 heterocycles. The van der Waals surface area contributed by atoms with Crippen molar-refractivity contribution in [3.8, 4) is 0 Å². The van der Waals surface area contributed by atoms with Crippen molar-refractivity contribution in [3.63, 3.8) is 0 Å². The summed E-state index contributed by atoms with van der Waals surface area (Å²) >= 11 is 0. The van der Waals surface area contributed by atoms with E-state index < -0.39 is 17.9 Å². The summed E-state index contributed by atoms with van der Waals surface area (Å²) in [6.45, 7) is 3.83. The van der Waals surface area contributed by atoms with E-state index in [1.54, 1.807) is 6.07 Å². The standard InChI is InChI=1S/C12H18N2O4/c1-4-9-7(2)5-10(18-9)12(16)14-8(6-17-3)11(13)15/h5,8H,4,6H2,1-3H3,(H2,13,15)(H,14,16)/t8-/m0/s1. The molecule has 1 atom stereocenters. The molecule has 2 amide bonds. The molecule has 0 aliphatic heterocycles. The molecule has 0 unspecified atom stereocenters. The second kappa shape index (κ2) is 6.20. The van der Waals surface area contributed by atoms with Crippen LogP contribution in [0.1, 0.15) is 28.8 Å². The van der Waals surface area contributed by atoms with Gasteiger partial charge in [-0.05, 0) is 18.6 Å². The molecule has 6 nitrogen and oxygen atoms in total. The number of rotatable bonds is 6. The van der Waals surface area contributed by atoms with Crippen molar-refractivity contribution in [3.05, 3.63) is 23.2 Å². The molecule has 100 valence electrons. The summed E-state index contributed by atoms with van der Waals surface area (Å²) in [6, 6.07) is 0.775. The van der Waals surface area contributed by atoms with Crippen molar-refractivity contribution < 1.29 is 18.7 Å². The quantitative estimate of drug-likeness (QED) is 0.767. The summed E-state index contributed by atoms with van der Waals surface area (Å²) in [7, 11) is 1.42. The van der Waals surface area contributed by atoms with Crippen LogP contribution < -0.4 is 11.1 Å². The molecule has 0 aliphatic carbocycles. The average Bonchev–Trinajstić information content (AvgIpc) is 2.69. The van der Waals surface area contributed by atoms with E-state index in [1.165, 1.54) is 7.11 Å². The number of aryl methyl sites for hydroxylation is 2. The Morgan fingerprint density at radius 1 is 1.56 bits per heavy atom. The minimum atomic E-state index is -0.863. The van der Waals surface area contributed by atoms with Gasteiger partial charge in [0.15, 0.2) is 5.76 Å². The molecular weight excluding hydrogens is 236 g/mol. The fraction of sp³-hybridized carbons (Fsp3) is 0.500. The number of furan rings is 1. The van der Waals surface area contributed by atoms with E-state index in [4.69, 9.17) is 14.9 Å². The van der Waals surface area contributed by atoms with E-state index in [1.807, 2.05) is 13.8 Å². The molecule has 3 N–H and O–H groups in total. The number of amides is 2. The van der Waals surface area contributed by atoms with Gasteiger partial charge >= 0.3 is 0 Å². The number of nitrogens with one attached hydrogen (secondary N) is 1. The van der Waals surface area contributed by atoms with Crippen LogP contribution in [0.5, 0.6) is 0 Å². The average molecular weight is 254 g/mol. The van der Waals surface area contributed by atoms with Crippen LogP contribution in [-0.4, -0.2) is 31.6 Å². The third-order valence-electron chi connectivity index (χ3n) is 2.55. The molecule has 0 fully saturated rings. The van der Waals surface area contributed by atoms with Crippen LogP contribution in [0.3, 0.4) is 0 Å².